The highest BCUT2D eigenvalue weighted by atomic mass is 32.2. The van der Waals surface area contributed by atoms with Gasteiger partial charge in [-0.15, -0.1) is 0 Å². The van der Waals surface area contributed by atoms with E-state index < -0.39 is 46.5 Å². The Balaban J connectivity index is 4.76. The van der Waals surface area contributed by atoms with Crippen LogP contribution >= 0.6 is 0 Å². The smallest absolute Gasteiger partial charge is 0.338 e. The number of amides is 1. The zero-order valence-electron chi connectivity index (χ0n) is 19.1. The van der Waals surface area contributed by atoms with Crippen LogP contribution in [0.1, 0.15) is 73.1 Å². The molecule has 2 N–H and O–H groups in total. The highest BCUT2D eigenvalue weighted by molar-refractivity contribution is 7.86. The third kappa shape index (κ3) is 13.3. The van der Waals surface area contributed by atoms with E-state index in [1.165, 1.54) is 20.8 Å². The summed E-state index contributed by atoms with van der Waals surface area (Å²) in [7, 11) is -3.91. The van der Waals surface area contributed by atoms with Gasteiger partial charge in [-0.05, 0) is 19.3 Å². The summed E-state index contributed by atoms with van der Waals surface area (Å²) < 4.78 is 39.2. The van der Waals surface area contributed by atoms with Gasteiger partial charge in [0.15, 0.2) is 6.10 Å². The van der Waals surface area contributed by atoms with Crippen molar-refractivity contribution < 1.29 is 41.6 Å². The van der Waals surface area contributed by atoms with E-state index >= 15 is 0 Å². The summed E-state index contributed by atoms with van der Waals surface area (Å²) >= 11 is 0. The number of unbranched alkanes of at least 4 members (excludes halogenated alkanes) is 1. The lowest BCUT2D eigenvalue weighted by Gasteiger charge is -2.29. The Morgan fingerprint density at radius 1 is 1.06 bits per heavy atom. The van der Waals surface area contributed by atoms with Crippen LogP contribution in [-0.2, 0) is 38.2 Å². The fraction of sp³-hybridized carbons (Fsp3) is 0.850. The van der Waals surface area contributed by atoms with E-state index in [0.717, 1.165) is 6.42 Å². The van der Waals surface area contributed by atoms with Gasteiger partial charge in [-0.25, -0.2) is 4.79 Å². The van der Waals surface area contributed by atoms with Crippen LogP contribution in [0.4, 0.5) is 0 Å². The highest BCUT2D eigenvalue weighted by Gasteiger charge is 2.38. The van der Waals surface area contributed by atoms with Gasteiger partial charge in [-0.1, -0.05) is 34.1 Å². The van der Waals surface area contributed by atoms with E-state index in [-0.39, 0.29) is 37.5 Å². The maximum absolute atomic E-state index is 12.4. The number of carbonyl (C=O) groups excluding carboxylic acids is 3. The van der Waals surface area contributed by atoms with E-state index in [4.69, 9.17) is 13.7 Å². The molecule has 0 saturated heterocycles. The minimum Gasteiger partial charge on any atom is -0.425 e. The number of rotatable bonds is 16. The summed E-state index contributed by atoms with van der Waals surface area (Å²) in [6.45, 7) is 7.71. The average molecular weight is 468 g/mol. The predicted molar refractivity (Wildman–Crippen MR) is 113 cm³/mol. The van der Waals surface area contributed by atoms with E-state index in [1.807, 2.05) is 13.8 Å². The number of nitrogens with one attached hydrogen (secondary N) is 1. The molecular weight excluding hydrogens is 430 g/mol. The summed E-state index contributed by atoms with van der Waals surface area (Å²) in [5, 5.41) is 12.9. The van der Waals surface area contributed by atoms with E-state index in [0.29, 0.717) is 12.8 Å². The van der Waals surface area contributed by atoms with Crippen LogP contribution in [-0.4, -0.2) is 62.7 Å². The van der Waals surface area contributed by atoms with Gasteiger partial charge in [-0.3, -0.25) is 13.8 Å². The number of aliphatic hydroxyl groups is 1. The van der Waals surface area contributed by atoms with Crippen molar-refractivity contribution in [3.8, 4) is 0 Å². The molecule has 11 heteroatoms. The molecule has 0 aliphatic rings. The molecule has 1 unspecified atom stereocenters. The van der Waals surface area contributed by atoms with Crippen molar-refractivity contribution >= 4 is 28.0 Å². The van der Waals surface area contributed by atoms with Crippen molar-refractivity contribution in [2.45, 2.75) is 85.5 Å². The van der Waals surface area contributed by atoms with Crippen LogP contribution < -0.4 is 5.32 Å². The van der Waals surface area contributed by atoms with Gasteiger partial charge in [0.05, 0.1) is 12.4 Å². The minimum atomic E-state index is -3.91. The van der Waals surface area contributed by atoms with Gasteiger partial charge < -0.3 is 19.9 Å². The molecule has 0 spiro atoms. The normalized spacial score (nSPS) is 13.9. The lowest BCUT2D eigenvalue weighted by molar-refractivity contribution is -0.199. The summed E-state index contributed by atoms with van der Waals surface area (Å²) in [6.07, 6.45) is -0.130. The molecule has 1 amide bonds. The Bertz CT molecular complexity index is 676. The van der Waals surface area contributed by atoms with Crippen LogP contribution in [0, 0.1) is 5.41 Å². The van der Waals surface area contributed by atoms with E-state index in [2.05, 4.69) is 5.32 Å². The quantitative estimate of drug-likeness (QED) is 0.150. The number of esters is 2. The fourth-order valence-corrected chi connectivity index (χ4v) is 3.41. The molecular formula is C20H37NO9S. The van der Waals surface area contributed by atoms with Gasteiger partial charge in [0.25, 0.3) is 10.1 Å². The molecule has 0 aliphatic heterocycles. The second-order valence-electron chi connectivity index (χ2n) is 8.00. The van der Waals surface area contributed by atoms with Crippen LogP contribution in [0.3, 0.4) is 0 Å². The predicted octanol–water partition coefficient (Wildman–Crippen LogP) is 1.65. The monoisotopic (exact) mass is 467 g/mol. The van der Waals surface area contributed by atoms with Crippen LogP contribution in [0.2, 0.25) is 0 Å². The molecule has 0 aromatic heterocycles. The van der Waals surface area contributed by atoms with Crippen LogP contribution in [0.5, 0.6) is 0 Å². The number of hydrogen-bond donors (Lipinski definition) is 2. The fourth-order valence-electron chi connectivity index (χ4n) is 2.31. The number of carbonyl (C=O) groups is 3. The average Bonchev–Trinajstić information content (AvgIpc) is 2.67. The van der Waals surface area contributed by atoms with Gasteiger partial charge >= 0.3 is 11.9 Å². The maximum Gasteiger partial charge on any atom is 0.338 e. The van der Waals surface area contributed by atoms with Gasteiger partial charge in [0.2, 0.25) is 12.2 Å². The molecule has 0 aliphatic carbocycles. The minimum absolute atomic E-state index is 0.162. The number of aliphatic hydroxyl groups excluding tert-OH is 1. The summed E-state index contributed by atoms with van der Waals surface area (Å²) in [5.74, 6) is -2.11. The highest BCUT2D eigenvalue weighted by Crippen LogP contribution is 2.24. The van der Waals surface area contributed by atoms with Gasteiger partial charge in [0.1, 0.15) is 0 Å². The molecule has 0 aromatic rings. The van der Waals surface area contributed by atoms with E-state index in [1.54, 1.807) is 0 Å². The first-order valence-corrected chi connectivity index (χ1v) is 12.1. The molecule has 0 fully saturated rings. The molecule has 31 heavy (non-hydrogen) atoms. The molecule has 182 valence electrons. The zero-order valence-corrected chi connectivity index (χ0v) is 20.0. The zero-order chi connectivity index (χ0) is 24.1. The largest absolute Gasteiger partial charge is 0.425 e. The summed E-state index contributed by atoms with van der Waals surface area (Å²) in [4.78, 5) is 35.0. The Labute approximate surface area is 185 Å². The lowest BCUT2D eigenvalue weighted by Crippen LogP contribution is -2.43. The van der Waals surface area contributed by atoms with Crippen LogP contribution in [0.15, 0.2) is 0 Å². The third-order valence-electron chi connectivity index (χ3n) is 4.29. The molecule has 2 atom stereocenters. The molecule has 0 heterocycles. The Kier molecular flexibility index (Phi) is 13.6. The van der Waals surface area contributed by atoms with Crippen molar-refractivity contribution in [3.05, 3.63) is 0 Å². The van der Waals surface area contributed by atoms with Crippen molar-refractivity contribution in [2.75, 3.05) is 18.9 Å². The van der Waals surface area contributed by atoms with Crippen molar-refractivity contribution in [2.24, 2.45) is 5.41 Å². The molecule has 0 rings (SSSR count). The van der Waals surface area contributed by atoms with Crippen LogP contribution in [0.25, 0.3) is 0 Å². The molecule has 0 saturated carbocycles. The third-order valence-corrected chi connectivity index (χ3v) is 5.55. The Hall–Kier alpha value is -1.72. The van der Waals surface area contributed by atoms with Crippen molar-refractivity contribution in [3.63, 3.8) is 0 Å². The number of ether oxygens (including phenoxy) is 2. The van der Waals surface area contributed by atoms with Gasteiger partial charge in [-0.2, -0.15) is 8.42 Å². The Morgan fingerprint density at radius 2 is 1.71 bits per heavy atom. The molecule has 0 aromatic carbocycles. The molecule has 10 nitrogen and oxygen atoms in total. The SMILES string of the molecule is CCCCC(=O)OC(CCC)OC(=O)[C@H](O)C(C)(C)COS(=O)(=O)CCCNC(C)=O. The van der Waals surface area contributed by atoms with Gasteiger partial charge in [0, 0.05) is 31.7 Å². The summed E-state index contributed by atoms with van der Waals surface area (Å²) in [5.41, 5.74) is -1.29. The van der Waals surface area contributed by atoms with Crippen molar-refractivity contribution in [1.29, 1.82) is 0 Å². The lowest BCUT2D eigenvalue weighted by atomic mass is 9.87. The first-order valence-electron chi connectivity index (χ1n) is 10.5. The number of hydrogen-bond acceptors (Lipinski definition) is 9. The summed E-state index contributed by atoms with van der Waals surface area (Å²) in [6, 6.07) is 0. The molecule has 0 radical (unpaired) electrons. The Morgan fingerprint density at radius 3 is 2.26 bits per heavy atom. The maximum atomic E-state index is 12.4. The first kappa shape index (κ1) is 29.3. The molecule has 0 bridgehead atoms. The first-order chi connectivity index (χ1) is 14.3. The standard InChI is InChI=1S/C20H37NO9S/c1-6-8-11-16(23)29-17(10-7-2)30-19(25)18(24)20(4,5)14-28-31(26,27)13-9-12-21-15(3)22/h17-18,24H,6-14H2,1-5H3,(H,21,22)/t17?,18-/m0/s1. The topological polar surface area (TPSA) is 145 Å². The van der Waals surface area contributed by atoms with E-state index in [9.17, 15) is 27.9 Å². The second-order valence-corrected chi connectivity index (χ2v) is 9.76. The van der Waals surface area contributed by atoms with Crippen molar-refractivity contribution in [1.82, 2.24) is 5.32 Å². The second kappa shape index (κ2) is 14.4.